The first-order valence-corrected chi connectivity index (χ1v) is 8.02. The van der Waals surface area contributed by atoms with Gasteiger partial charge < -0.3 is 5.11 Å². The summed E-state index contributed by atoms with van der Waals surface area (Å²) >= 11 is 7.37. The van der Waals surface area contributed by atoms with Gasteiger partial charge >= 0.3 is 5.97 Å². The van der Waals surface area contributed by atoms with Crippen molar-refractivity contribution < 1.29 is 9.90 Å². The minimum Gasteiger partial charge on any atom is -0.481 e. The molecule has 0 radical (unpaired) electrons. The Morgan fingerprint density at radius 3 is 2.78 bits per heavy atom. The molecule has 0 atom stereocenters. The predicted octanol–water partition coefficient (Wildman–Crippen LogP) is 2.34. The van der Waals surface area contributed by atoms with Gasteiger partial charge in [-0.25, -0.2) is 0 Å². The molecule has 0 aliphatic heterocycles. The molecule has 23 heavy (non-hydrogen) atoms. The Bertz CT molecular complexity index is 818. The van der Waals surface area contributed by atoms with Gasteiger partial charge in [0.15, 0.2) is 11.0 Å². The summed E-state index contributed by atoms with van der Waals surface area (Å²) in [6.07, 6.45) is 3.49. The molecule has 0 aliphatic rings. The van der Waals surface area contributed by atoms with E-state index in [0.29, 0.717) is 28.2 Å². The second-order valence-electron chi connectivity index (χ2n) is 4.57. The summed E-state index contributed by atoms with van der Waals surface area (Å²) in [6, 6.07) is 9.09. The van der Waals surface area contributed by atoms with Crippen molar-refractivity contribution in [1.82, 2.24) is 24.5 Å². The first-order chi connectivity index (χ1) is 11.1. The molecule has 0 aliphatic carbocycles. The lowest BCUT2D eigenvalue weighted by Gasteiger charge is -2.11. The molecule has 3 aromatic rings. The fourth-order valence-electron chi connectivity index (χ4n) is 2.04. The van der Waals surface area contributed by atoms with Crippen LogP contribution in [0.5, 0.6) is 0 Å². The highest BCUT2D eigenvalue weighted by atomic mass is 35.5. The Morgan fingerprint density at radius 2 is 2.09 bits per heavy atom. The van der Waals surface area contributed by atoms with Crippen LogP contribution in [-0.4, -0.2) is 41.4 Å². The third-order valence-electron chi connectivity index (χ3n) is 2.98. The molecule has 7 nitrogen and oxygen atoms in total. The van der Waals surface area contributed by atoms with Crippen molar-refractivity contribution in [2.45, 2.75) is 11.7 Å². The van der Waals surface area contributed by atoms with Crippen molar-refractivity contribution in [3.8, 4) is 5.69 Å². The number of nitrogens with zero attached hydrogens (tertiary/aromatic N) is 5. The van der Waals surface area contributed by atoms with E-state index in [1.54, 1.807) is 21.5 Å². The number of halogens is 1. The first kappa shape index (κ1) is 15.6. The number of carboxylic acids is 1. The Morgan fingerprint density at radius 1 is 1.26 bits per heavy atom. The molecule has 1 aromatic carbocycles. The Hall–Kier alpha value is -2.32. The molecule has 9 heteroatoms. The van der Waals surface area contributed by atoms with Crippen LogP contribution in [-0.2, 0) is 11.3 Å². The van der Waals surface area contributed by atoms with E-state index in [1.807, 2.05) is 30.5 Å². The molecule has 1 N–H and O–H groups in total. The SMILES string of the molecule is O=C(O)CSc1nnc(Cn2cccn2)n1-c1ccccc1Cl. The molecule has 2 aromatic heterocycles. The predicted molar refractivity (Wildman–Crippen MR) is 86.1 cm³/mol. The van der Waals surface area contributed by atoms with Crippen LogP contribution in [0.3, 0.4) is 0 Å². The lowest BCUT2D eigenvalue weighted by Crippen LogP contribution is -2.09. The van der Waals surface area contributed by atoms with Crippen LogP contribution in [0.4, 0.5) is 0 Å². The largest absolute Gasteiger partial charge is 0.481 e. The van der Waals surface area contributed by atoms with Gasteiger partial charge in [-0.2, -0.15) is 5.10 Å². The van der Waals surface area contributed by atoms with Gasteiger partial charge in [-0.3, -0.25) is 14.0 Å². The van der Waals surface area contributed by atoms with Crippen molar-refractivity contribution in [2.75, 3.05) is 5.75 Å². The van der Waals surface area contributed by atoms with E-state index in [1.165, 1.54) is 0 Å². The zero-order chi connectivity index (χ0) is 16.2. The molecule has 0 spiro atoms. The number of aliphatic carboxylic acids is 1. The zero-order valence-corrected chi connectivity index (χ0v) is 13.4. The van der Waals surface area contributed by atoms with Crippen molar-refractivity contribution in [2.24, 2.45) is 0 Å². The van der Waals surface area contributed by atoms with Gasteiger partial charge in [-0.1, -0.05) is 35.5 Å². The maximum absolute atomic E-state index is 10.8. The van der Waals surface area contributed by atoms with Crippen molar-refractivity contribution in [3.05, 3.63) is 53.6 Å². The monoisotopic (exact) mass is 349 g/mol. The van der Waals surface area contributed by atoms with Gasteiger partial charge in [0.25, 0.3) is 0 Å². The topological polar surface area (TPSA) is 85.8 Å². The normalized spacial score (nSPS) is 10.8. The number of aromatic nitrogens is 5. The van der Waals surface area contributed by atoms with Gasteiger partial charge in [0.05, 0.1) is 16.5 Å². The number of para-hydroxylation sites is 1. The fraction of sp³-hybridized carbons (Fsp3) is 0.143. The van der Waals surface area contributed by atoms with Crippen LogP contribution >= 0.6 is 23.4 Å². The Balaban J connectivity index is 2.02. The maximum atomic E-state index is 10.8. The summed E-state index contributed by atoms with van der Waals surface area (Å²) in [5.41, 5.74) is 0.703. The van der Waals surface area contributed by atoms with Gasteiger partial charge in [0.2, 0.25) is 0 Å². The Labute approximate surface area is 140 Å². The number of hydrogen-bond donors (Lipinski definition) is 1. The van der Waals surface area contributed by atoms with Gasteiger partial charge in [-0.05, 0) is 18.2 Å². The fourth-order valence-corrected chi connectivity index (χ4v) is 2.94. The molecular formula is C14H12ClN5O2S. The zero-order valence-electron chi connectivity index (χ0n) is 11.8. The minimum atomic E-state index is -0.919. The van der Waals surface area contributed by atoms with Gasteiger partial charge in [0, 0.05) is 12.4 Å². The van der Waals surface area contributed by atoms with Crippen LogP contribution in [0.25, 0.3) is 5.69 Å². The number of hydrogen-bond acceptors (Lipinski definition) is 5. The molecule has 0 bridgehead atoms. The lowest BCUT2D eigenvalue weighted by atomic mass is 10.3. The smallest absolute Gasteiger partial charge is 0.313 e. The van der Waals surface area contributed by atoms with Crippen LogP contribution in [0.1, 0.15) is 5.82 Å². The second-order valence-corrected chi connectivity index (χ2v) is 5.92. The Kier molecular flexibility index (Phi) is 4.63. The quantitative estimate of drug-likeness (QED) is 0.687. The summed E-state index contributed by atoms with van der Waals surface area (Å²) in [5.74, 6) is -0.406. The molecule has 0 fully saturated rings. The number of carboxylic acid groups (broad SMARTS) is 1. The van der Waals surface area contributed by atoms with E-state index in [2.05, 4.69) is 15.3 Å². The molecule has 0 saturated heterocycles. The van der Waals surface area contributed by atoms with E-state index in [4.69, 9.17) is 16.7 Å². The van der Waals surface area contributed by atoms with E-state index in [0.717, 1.165) is 11.8 Å². The van der Waals surface area contributed by atoms with Crippen molar-refractivity contribution >= 4 is 29.3 Å². The summed E-state index contributed by atoms with van der Waals surface area (Å²) in [7, 11) is 0. The molecule has 2 heterocycles. The van der Waals surface area contributed by atoms with Gasteiger partial charge in [-0.15, -0.1) is 10.2 Å². The summed E-state index contributed by atoms with van der Waals surface area (Å²) < 4.78 is 3.47. The van der Waals surface area contributed by atoms with E-state index in [9.17, 15) is 4.79 Å². The van der Waals surface area contributed by atoms with Crippen LogP contribution < -0.4 is 0 Å². The first-order valence-electron chi connectivity index (χ1n) is 6.66. The molecule has 0 unspecified atom stereocenters. The highest BCUT2D eigenvalue weighted by molar-refractivity contribution is 7.99. The average molecular weight is 350 g/mol. The summed E-state index contributed by atoms with van der Waals surface area (Å²) in [4.78, 5) is 10.8. The second kappa shape index (κ2) is 6.84. The average Bonchev–Trinajstić information content (AvgIpc) is 3.16. The highest BCUT2D eigenvalue weighted by Gasteiger charge is 2.17. The maximum Gasteiger partial charge on any atom is 0.313 e. The molecule has 118 valence electrons. The van der Waals surface area contributed by atoms with E-state index in [-0.39, 0.29) is 5.75 Å². The lowest BCUT2D eigenvalue weighted by molar-refractivity contribution is -0.133. The number of carbonyl (C=O) groups is 1. The van der Waals surface area contributed by atoms with E-state index >= 15 is 0 Å². The van der Waals surface area contributed by atoms with E-state index < -0.39 is 5.97 Å². The van der Waals surface area contributed by atoms with Crippen LogP contribution in [0, 0.1) is 0 Å². The molecule has 0 amide bonds. The molecule has 0 saturated carbocycles. The third kappa shape index (κ3) is 3.54. The van der Waals surface area contributed by atoms with Gasteiger partial charge in [0.1, 0.15) is 6.54 Å². The summed E-state index contributed by atoms with van der Waals surface area (Å²) in [5, 5.41) is 22.3. The number of rotatable bonds is 6. The number of thioether (sulfide) groups is 1. The third-order valence-corrected chi connectivity index (χ3v) is 4.21. The molecule has 3 rings (SSSR count). The number of benzene rings is 1. The highest BCUT2D eigenvalue weighted by Crippen LogP contribution is 2.27. The standard InChI is InChI=1S/C14H12ClN5O2S/c15-10-4-1-2-5-11(10)20-12(8-19-7-3-6-16-19)17-18-14(20)23-9-13(21)22/h1-7H,8-9H2,(H,21,22). The summed E-state index contributed by atoms with van der Waals surface area (Å²) in [6.45, 7) is 0.402. The molecular weight excluding hydrogens is 338 g/mol. The van der Waals surface area contributed by atoms with Crippen molar-refractivity contribution in [1.29, 1.82) is 0 Å². The van der Waals surface area contributed by atoms with Crippen LogP contribution in [0.2, 0.25) is 5.02 Å². The minimum absolute atomic E-state index is 0.107. The van der Waals surface area contributed by atoms with Crippen molar-refractivity contribution in [3.63, 3.8) is 0 Å². The van der Waals surface area contributed by atoms with Crippen LogP contribution in [0.15, 0.2) is 47.9 Å².